The zero-order valence-corrected chi connectivity index (χ0v) is 11.3. The lowest BCUT2D eigenvalue weighted by Gasteiger charge is -2.24. The summed E-state index contributed by atoms with van der Waals surface area (Å²) >= 11 is 1.82. The topological polar surface area (TPSA) is 24.9 Å². The molecule has 2 heterocycles. The van der Waals surface area contributed by atoms with Crippen molar-refractivity contribution in [3.05, 3.63) is 64.7 Å². The van der Waals surface area contributed by atoms with Gasteiger partial charge in [-0.1, -0.05) is 36.4 Å². The minimum atomic E-state index is 0.391. The standard InChI is InChI=1S/C16H14N2S/c1-2-6-12-11(5-1)9-17-10-13(12)16-18-14-7-3-4-8-15(14)19-16/h1-8,13,17H,9-10H2. The summed E-state index contributed by atoms with van der Waals surface area (Å²) in [4.78, 5) is 4.81. The van der Waals surface area contributed by atoms with Gasteiger partial charge in [-0.15, -0.1) is 11.3 Å². The molecule has 1 aromatic heterocycles. The predicted molar refractivity (Wildman–Crippen MR) is 79.6 cm³/mol. The fourth-order valence-electron chi connectivity index (χ4n) is 2.76. The van der Waals surface area contributed by atoms with Crippen LogP contribution in [0.5, 0.6) is 0 Å². The van der Waals surface area contributed by atoms with Gasteiger partial charge in [0.25, 0.3) is 0 Å². The van der Waals surface area contributed by atoms with Gasteiger partial charge in [-0.3, -0.25) is 0 Å². The molecule has 4 rings (SSSR count). The number of hydrogen-bond acceptors (Lipinski definition) is 3. The van der Waals surface area contributed by atoms with Crippen LogP contribution in [-0.4, -0.2) is 11.5 Å². The molecule has 0 fully saturated rings. The fraction of sp³-hybridized carbons (Fsp3) is 0.188. The lowest BCUT2D eigenvalue weighted by Crippen LogP contribution is -2.28. The summed E-state index contributed by atoms with van der Waals surface area (Å²) < 4.78 is 1.28. The number of aromatic nitrogens is 1. The molecule has 0 saturated carbocycles. The Hall–Kier alpha value is -1.71. The molecule has 0 aliphatic carbocycles. The molecular weight excluding hydrogens is 252 g/mol. The molecule has 2 nitrogen and oxygen atoms in total. The Bertz CT molecular complexity index is 699. The first-order valence-electron chi connectivity index (χ1n) is 6.56. The number of nitrogens with one attached hydrogen (secondary N) is 1. The van der Waals surface area contributed by atoms with Crippen LogP contribution in [-0.2, 0) is 6.54 Å². The Morgan fingerprint density at radius 1 is 1.05 bits per heavy atom. The molecule has 1 aliphatic heterocycles. The fourth-order valence-corrected chi connectivity index (χ4v) is 3.84. The number of para-hydroxylation sites is 1. The Balaban J connectivity index is 1.85. The van der Waals surface area contributed by atoms with Gasteiger partial charge in [0, 0.05) is 19.0 Å². The SMILES string of the molecule is c1ccc2c(c1)CNCC2c1nc2ccccc2s1. The highest BCUT2D eigenvalue weighted by molar-refractivity contribution is 7.18. The Morgan fingerprint density at radius 3 is 2.84 bits per heavy atom. The van der Waals surface area contributed by atoms with Crippen LogP contribution in [0.1, 0.15) is 22.1 Å². The Morgan fingerprint density at radius 2 is 1.89 bits per heavy atom. The largest absolute Gasteiger partial charge is 0.312 e. The van der Waals surface area contributed by atoms with Crippen molar-refractivity contribution < 1.29 is 0 Å². The number of rotatable bonds is 1. The molecular formula is C16H14N2S. The van der Waals surface area contributed by atoms with E-state index in [1.165, 1.54) is 20.8 Å². The summed E-state index contributed by atoms with van der Waals surface area (Å²) in [6.45, 7) is 1.95. The molecule has 3 heteroatoms. The first kappa shape index (κ1) is 11.1. The van der Waals surface area contributed by atoms with E-state index in [9.17, 15) is 0 Å². The third kappa shape index (κ3) is 1.86. The highest BCUT2D eigenvalue weighted by Crippen LogP contribution is 2.34. The molecule has 0 amide bonds. The van der Waals surface area contributed by atoms with E-state index >= 15 is 0 Å². The molecule has 94 valence electrons. The summed E-state index contributed by atoms with van der Waals surface area (Å²) in [6.07, 6.45) is 0. The molecule has 0 spiro atoms. The van der Waals surface area contributed by atoms with Crippen LogP contribution in [0.2, 0.25) is 0 Å². The quantitative estimate of drug-likeness (QED) is 0.729. The number of fused-ring (bicyclic) bond motifs is 2. The van der Waals surface area contributed by atoms with Crippen molar-refractivity contribution >= 4 is 21.6 Å². The maximum absolute atomic E-state index is 4.81. The molecule has 1 N–H and O–H groups in total. The molecule has 19 heavy (non-hydrogen) atoms. The van der Waals surface area contributed by atoms with Crippen molar-refractivity contribution in [2.75, 3.05) is 6.54 Å². The molecule has 0 radical (unpaired) electrons. The normalized spacial score (nSPS) is 18.4. The van der Waals surface area contributed by atoms with Crippen LogP contribution < -0.4 is 5.32 Å². The molecule has 2 aromatic carbocycles. The number of nitrogens with zero attached hydrogens (tertiary/aromatic N) is 1. The minimum Gasteiger partial charge on any atom is -0.312 e. The van der Waals surface area contributed by atoms with Crippen LogP contribution in [0.15, 0.2) is 48.5 Å². The summed E-state index contributed by atoms with van der Waals surface area (Å²) in [7, 11) is 0. The van der Waals surface area contributed by atoms with Crippen molar-refractivity contribution in [2.24, 2.45) is 0 Å². The van der Waals surface area contributed by atoms with Crippen LogP contribution in [0.25, 0.3) is 10.2 Å². The Labute approximate surface area is 116 Å². The molecule has 0 bridgehead atoms. The monoisotopic (exact) mass is 266 g/mol. The van der Waals surface area contributed by atoms with Crippen LogP contribution in [0, 0.1) is 0 Å². The van der Waals surface area contributed by atoms with E-state index in [1.54, 1.807) is 0 Å². The zero-order chi connectivity index (χ0) is 12.7. The van der Waals surface area contributed by atoms with Gasteiger partial charge < -0.3 is 5.32 Å². The second kappa shape index (κ2) is 4.44. The van der Waals surface area contributed by atoms with E-state index in [4.69, 9.17) is 4.98 Å². The van der Waals surface area contributed by atoms with Crippen LogP contribution in [0.3, 0.4) is 0 Å². The smallest absolute Gasteiger partial charge is 0.103 e. The van der Waals surface area contributed by atoms with E-state index in [1.807, 2.05) is 11.3 Å². The zero-order valence-electron chi connectivity index (χ0n) is 10.5. The molecule has 1 atom stereocenters. The van der Waals surface area contributed by atoms with Gasteiger partial charge >= 0.3 is 0 Å². The lowest BCUT2D eigenvalue weighted by atomic mass is 9.91. The number of hydrogen-bond donors (Lipinski definition) is 1. The first-order valence-corrected chi connectivity index (χ1v) is 7.37. The maximum Gasteiger partial charge on any atom is 0.103 e. The predicted octanol–water partition coefficient (Wildman–Crippen LogP) is 3.53. The van der Waals surface area contributed by atoms with Crippen molar-refractivity contribution in [3.63, 3.8) is 0 Å². The van der Waals surface area contributed by atoms with Crippen molar-refractivity contribution in [1.82, 2.24) is 10.3 Å². The third-order valence-corrected chi connectivity index (χ3v) is 4.85. The molecule has 1 aliphatic rings. The van der Waals surface area contributed by atoms with Gasteiger partial charge in [-0.2, -0.15) is 0 Å². The van der Waals surface area contributed by atoms with Crippen LogP contribution in [0.4, 0.5) is 0 Å². The minimum absolute atomic E-state index is 0.391. The van der Waals surface area contributed by atoms with Gasteiger partial charge in [0.15, 0.2) is 0 Å². The molecule has 3 aromatic rings. The first-order chi connectivity index (χ1) is 9.42. The lowest BCUT2D eigenvalue weighted by molar-refractivity contribution is 0.590. The van der Waals surface area contributed by atoms with Crippen molar-refractivity contribution in [1.29, 1.82) is 0 Å². The summed E-state index contributed by atoms with van der Waals surface area (Å²) in [5.74, 6) is 0.391. The van der Waals surface area contributed by atoms with Gasteiger partial charge in [-0.05, 0) is 23.3 Å². The third-order valence-electron chi connectivity index (χ3n) is 3.70. The summed E-state index contributed by atoms with van der Waals surface area (Å²) in [6, 6.07) is 17.1. The Kier molecular flexibility index (Phi) is 2.60. The average Bonchev–Trinajstić information content (AvgIpc) is 2.90. The average molecular weight is 266 g/mol. The van der Waals surface area contributed by atoms with Crippen molar-refractivity contribution in [2.45, 2.75) is 12.5 Å². The number of thiazole rings is 1. The van der Waals surface area contributed by atoms with Gasteiger partial charge in [0.1, 0.15) is 5.01 Å². The van der Waals surface area contributed by atoms with E-state index in [0.29, 0.717) is 5.92 Å². The second-order valence-corrected chi connectivity index (χ2v) is 5.96. The van der Waals surface area contributed by atoms with E-state index in [-0.39, 0.29) is 0 Å². The van der Waals surface area contributed by atoms with Crippen molar-refractivity contribution in [3.8, 4) is 0 Å². The second-order valence-electron chi connectivity index (χ2n) is 4.90. The van der Waals surface area contributed by atoms with E-state index < -0.39 is 0 Å². The van der Waals surface area contributed by atoms with E-state index in [0.717, 1.165) is 18.6 Å². The van der Waals surface area contributed by atoms with E-state index in [2.05, 4.69) is 53.8 Å². The molecule has 1 unspecified atom stereocenters. The van der Waals surface area contributed by atoms with Crippen LogP contribution >= 0.6 is 11.3 Å². The van der Waals surface area contributed by atoms with Gasteiger partial charge in [0.05, 0.1) is 10.2 Å². The number of benzene rings is 2. The highest BCUT2D eigenvalue weighted by Gasteiger charge is 2.23. The van der Waals surface area contributed by atoms with Gasteiger partial charge in [0.2, 0.25) is 0 Å². The summed E-state index contributed by atoms with van der Waals surface area (Å²) in [5, 5.41) is 4.72. The van der Waals surface area contributed by atoms with Gasteiger partial charge in [-0.25, -0.2) is 4.98 Å². The molecule has 0 saturated heterocycles. The summed E-state index contributed by atoms with van der Waals surface area (Å²) in [5.41, 5.74) is 3.95. The maximum atomic E-state index is 4.81. The highest BCUT2D eigenvalue weighted by atomic mass is 32.1.